The normalized spacial score (nSPS) is 14.1. The van der Waals surface area contributed by atoms with E-state index < -0.39 is 10.0 Å². The van der Waals surface area contributed by atoms with Gasteiger partial charge in [0.15, 0.2) is 0 Å². The Morgan fingerprint density at radius 2 is 2.00 bits per heavy atom. The Labute approximate surface area is 97.1 Å². The molecule has 0 saturated heterocycles. The number of rotatable bonds is 9. The summed E-state index contributed by atoms with van der Waals surface area (Å²) in [4.78, 5) is 0. The number of nitrogens with one attached hydrogen (secondary N) is 1. The molecule has 0 aliphatic heterocycles. The monoisotopic (exact) mass is 257 g/mol. The van der Waals surface area contributed by atoms with Crippen LogP contribution in [0.25, 0.3) is 0 Å². The third kappa shape index (κ3) is 10.4. The fourth-order valence-electron chi connectivity index (χ4n) is 1.08. The maximum atomic E-state index is 11.3. The lowest BCUT2D eigenvalue weighted by Gasteiger charge is -2.07. The highest BCUT2D eigenvalue weighted by atomic mass is 35.5. The number of alkyl halides is 1. The molecule has 92 valence electrons. The van der Waals surface area contributed by atoms with Gasteiger partial charge in [0.25, 0.3) is 0 Å². The van der Waals surface area contributed by atoms with Crippen molar-refractivity contribution in [2.45, 2.75) is 38.7 Å². The fourth-order valence-corrected chi connectivity index (χ4v) is 2.46. The average molecular weight is 258 g/mol. The maximum absolute atomic E-state index is 11.3. The van der Waals surface area contributed by atoms with Gasteiger partial charge in [-0.15, -0.1) is 11.6 Å². The highest BCUT2D eigenvalue weighted by Gasteiger charge is 2.08. The van der Waals surface area contributed by atoms with Crippen LogP contribution in [0.4, 0.5) is 0 Å². The number of sulfonamides is 1. The quantitative estimate of drug-likeness (QED) is 0.480. The molecule has 6 heteroatoms. The highest BCUT2D eigenvalue weighted by molar-refractivity contribution is 7.89. The Morgan fingerprint density at radius 3 is 2.53 bits per heavy atom. The summed E-state index contributed by atoms with van der Waals surface area (Å²) in [6.07, 6.45) is 2.22. The van der Waals surface area contributed by atoms with Gasteiger partial charge < -0.3 is 5.11 Å². The van der Waals surface area contributed by atoms with Crippen LogP contribution in [0.5, 0.6) is 0 Å². The van der Waals surface area contributed by atoms with Gasteiger partial charge in [0, 0.05) is 12.4 Å². The lowest BCUT2D eigenvalue weighted by molar-refractivity contribution is 0.182. The summed E-state index contributed by atoms with van der Waals surface area (Å²) in [5.41, 5.74) is 0. The van der Waals surface area contributed by atoms with Gasteiger partial charge in [0.2, 0.25) is 10.0 Å². The number of unbranched alkanes of at least 4 members (excludes halogenated alkanes) is 1. The van der Waals surface area contributed by atoms with Crippen molar-refractivity contribution in [3.8, 4) is 0 Å². The third-order valence-corrected chi connectivity index (χ3v) is 3.65. The van der Waals surface area contributed by atoms with E-state index in [1.54, 1.807) is 6.92 Å². The zero-order valence-corrected chi connectivity index (χ0v) is 10.6. The smallest absolute Gasteiger partial charge is 0.211 e. The van der Waals surface area contributed by atoms with Crippen LogP contribution in [0.15, 0.2) is 0 Å². The number of hydrogen-bond donors (Lipinski definition) is 2. The Hall–Kier alpha value is 0.160. The average Bonchev–Trinajstić information content (AvgIpc) is 2.13. The van der Waals surface area contributed by atoms with Gasteiger partial charge >= 0.3 is 0 Å². The summed E-state index contributed by atoms with van der Waals surface area (Å²) >= 11 is 5.45. The molecule has 0 aromatic rings. The summed E-state index contributed by atoms with van der Waals surface area (Å²) in [5, 5.41) is 8.96. The zero-order chi connectivity index (χ0) is 11.7. The van der Waals surface area contributed by atoms with Crippen molar-refractivity contribution in [1.29, 1.82) is 0 Å². The van der Waals surface area contributed by atoms with Gasteiger partial charge in [-0.1, -0.05) is 0 Å². The minimum atomic E-state index is -3.14. The molecule has 4 nitrogen and oxygen atoms in total. The van der Waals surface area contributed by atoms with Crippen molar-refractivity contribution in [3.63, 3.8) is 0 Å². The lowest BCUT2D eigenvalue weighted by Crippen LogP contribution is -2.27. The van der Waals surface area contributed by atoms with Gasteiger partial charge in [0.1, 0.15) is 0 Å². The van der Waals surface area contributed by atoms with Crippen molar-refractivity contribution in [2.75, 3.05) is 18.2 Å². The molecule has 0 radical (unpaired) electrons. The van der Waals surface area contributed by atoms with Crippen molar-refractivity contribution in [1.82, 2.24) is 4.72 Å². The molecule has 0 rings (SSSR count). The van der Waals surface area contributed by atoms with E-state index in [2.05, 4.69) is 4.72 Å². The summed E-state index contributed by atoms with van der Waals surface area (Å²) in [6, 6.07) is 0. The number of hydrogen-bond acceptors (Lipinski definition) is 3. The summed E-state index contributed by atoms with van der Waals surface area (Å²) in [5.74, 6) is 0.631. The van der Waals surface area contributed by atoms with E-state index in [9.17, 15) is 8.42 Å². The number of halogens is 1. The van der Waals surface area contributed by atoms with Crippen molar-refractivity contribution in [3.05, 3.63) is 0 Å². The molecule has 0 aliphatic rings. The predicted octanol–water partition coefficient (Wildman–Crippen LogP) is 1.09. The van der Waals surface area contributed by atoms with E-state index in [-0.39, 0.29) is 11.9 Å². The van der Waals surface area contributed by atoms with Crippen LogP contribution in [0.1, 0.15) is 32.6 Å². The van der Waals surface area contributed by atoms with Crippen LogP contribution < -0.4 is 4.72 Å². The molecular formula is C9H20ClNO3S. The fraction of sp³-hybridized carbons (Fsp3) is 1.00. The van der Waals surface area contributed by atoms with Gasteiger partial charge in [-0.25, -0.2) is 13.1 Å². The number of aliphatic hydroxyl groups excluding tert-OH is 1. The second kappa shape index (κ2) is 8.33. The van der Waals surface area contributed by atoms with E-state index >= 15 is 0 Å². The van der Waals surface area contributed by atoms with Crippen LogP contribution in [-0.2, 0) is 10.0 Å². The lowest BCUT2D eigenvalue weighted by atomic mass is 10.2. The molecule has 0 heterocycles. The molecule has 0 spiro atoms. The second-order valence-electron chi connectivity index (χ2n) is 3.60. The Kier molecular flexibility index (Phi) is 8.42. The topological polar surface area (TPSA) is 66.4 Å². The first-order valence-electron chi connectivity index (χ1n) is 5.19. The molecule has 2 N–H and O–H groups in total. The van der Waals surface area contributed by atoms with Crippen LogP contribution in [0.2, 0.25) is 0 Å². The predicted molar refractivity (Wildman–Crippen MR) is 62.7 cm³/mol. The molecule has 0 bridgehead atoms. The van der Waals surface area contributed by atoms with Crippen LogP contribution in [0, 0.1) is 0 Å². The van der Waals surface area contributed by atoms with E-state index in [1.165, 1.54) is 0 Å². The minimum Gasteiger partial charge on any atom is -0.393 e. The maximum Gasteiger partial charge on any atom is 0.211 e. The highest BCUT2D eigenvalue weighted by Crippen LogP contribution is 1.98. The van der Waals surface area contributed by atoms with Gasteiger partial charge in [0.05, 0.1) is 11.9 Å². The molecule has 0 saturated carbocycles. The Morgan fingerprint density at radius 1 is 1.33 bits per heavy atom. The first-order valence-corrected chi connectivity index (χ1v) is 7.38. The van der Waals surface area contributed by atoms with Crippen LogP contribution in [0.3, 0.4) is 0 Å². The van der Waals surface area contributed by atoms with Crippen LogP contribution >= 0.6 is 11.6 Å². The van der Waals surface area contributed by atoms with Crippen molar-refractivity contribution >= 4 is 21.6 Å². The molecule has 0 aromatic carbocycles. The standard InChI is InChI=1S/C9H20ClNO3S/c1-9(12)5-4-7-11-15(13,14)8-3-2-6-10/h9,11-12H,2-8H2,1H3. The molecule has 0 fully saturated rings. The van der Waals surface area contributed by atoms with Gasteiger partial charge in [-0.3, -0.25) is 0 Å². The Balaban J connectivity index is 3.56. The van der Waals surface area contributed by atoms with Crippen molar-refractivity contribution < 1.29 is 13.5 Å². The molecule has 1 unspecified atom stereocenters. The zero-order valence-electron chi connectivity index (χ0n) is 9.08. The van der Waals surface area contributed by atoms with Gasteiger partial charge in [-0.2, -0.15) is 0 Å². The SMILES string of the molecule is CC(O)CCCNS(=O)(=O)CCCCCl. The second-order valence-corrected chi connectivity index (χ2v) is 5.90. The van der Waals surface area contributed by atoms with Crippen LogP contribution in [-0.4, -0.2) is 37.8 Å². The molecule has 0 aliphatic carbocycles. The summed E-state index contributed by atoms with van der Waals surface area (Å²) < 4.78 is 25.2. The van der Waals surface area contributed by atoms with Gasteiger partial charge in [-0.05, 0) is 32.6 Å². The van der Waals surface area contributed by atoms with E-state index in [0.717, 1.165) is 6.42 Å². The van der Waals surface area contributed by atoms with Crippen molar-refractivity contribution in [2.24, 2.45) is 0 Å². The molecule has 1 atom stereocenters. The Bertz CT molecular complexity index is 242. The first kappa shape index (κ1) is 15.2. The number of aliphatic hydroxyl groups is 1. The van der Waals surface area contributed by atoms with E-state index in [1.807, 2.05) is 0 Å². The van der Waals surface area contributed by atoms with E-state index in [4.69, 9.17) is 16.7 Å². The summed E-state index contributed by atoms with van der Waals surface area (Å²) in [6.45, 7) is 2.09. The molecule has 15 heavy (non-hydrogen) atoms. The first-order chi connectivity index (χ1) is 6.98. The molecule has 0 aromatic heterocycles. The van der Waals surface area contributed by atoms with E-state index in [0.29, 0.717) is 31.7 Å². The third-order valence-electron chi connectivity index (χ3n) is 1.92. The summed E-state index contributed by atoms with van der Waals surface area (Å²) in [7, 11) is -3.14. The minimum absolute atomic E-state index is 0.133. The molecular weight excluding hydrogens is 238 g/mol. The largest absolute Gasteiger partial charge is 0.393 e. The molecule has 0 amide bonds.